The lowest BCUT2D eigenvalue weighted by atomic mass is 10.1. The van der Waals surface area contributed by atoms with Gasteiger partial charge in [-0.15, -0.1) is 0 Å². The lowest BCUT2D eigenvalue weighted by Crippen LogP contribution is -2.49. The summed E-state index contributed by atoms with van der Waals surface area (Å²) in [6.45, 7) is 10.4. The van der Waals surface area contributed by atoms with Gasteiger partial charge in [-0.1, -0.05) is 0 Å². The normalized spacial score (nSPS) is 25.1. The SMILES string of the molecule is Cc1cc(C(=O)N(CCC(=O)N2C[C@H](C)O[C@@H](C)C2)C[C@@H]2CCCO2)c(C)o1. The molecule has 3 rings (SSSR count). The molecule has 0 aliphatic carbocycles. The first kappa shape index (κ1) is 20.9. The summed E-state index contributed by atoms with van der Waals surface area (Å²) in [5, 5.41) is 0. The molecule has 2 aliphatic rings. The fourth-order valence-corrected chi connectivity index (χ4v) is 4.09. The molecule has 0 unspecified atom stereocenters. The zero-order valence-corrected chi connectivity index (χ0v) is 17.4. The van der Waals surface area contributed by atoms with Gasteiger partial charge >= 0.3 is 0 Å². The summed E-state index contributed by atoms with van der Waals surface area (Å²) in [6, 6.07) is 1.77. The molecule has 2 amide bonds. The van der Waals surface area contributed by atoms with Crippen molar-refractivity contribution < 1.29 is 23.5 Å². The average molecular weight is 392 g/mol. The van der Waals surface area contributed by atoms with E-state index >= 15 is 0 Å². The Balaban J connectivity index is 1.65. The van der Waals surface area contributed by atoms with Gasteiger partial charge in [0.2, 0.25) is 5.91 Å². The van der Waals surface area contributed by atoms with Crippen LogP contribution in [0.4, 0.5) is 0 Å². The van der Waals surface area contributed by atoms with E-state index in [1.807, 2.05) is 25.7 Å². The third-order valence-corrected chi connectivity index (χ3v) is 5.37. The quantitative estimate of drug-likeness (QED) is 0.744. The van der Waals surface area contributed by atoms with E-state index in [9.17, 15) is 9.59 Å². The number of amides is 2. The van der Waals surface area contributed by atoms with E-state index in [1.165, 1.54) is 0 Å². The molecule has 0 spiro atoms. The van der Waals surface area contributed by atoms with E-state index in [-0.39, 0.29) is 30.1 Å². The highest BCUT2D eigenvalue weighted by molar-refractivity contribution is 5.95. The van der Waals surface area contributed by atoms with Crippen molar-refractivity contribution in [2.45, 2.75) is 65.3 Å². The molecular weight excluding hydrogens is 360 g/mol. The number of hydrogen-bond acceptors (Lipinski definition) is 5. The predicted molar refractivity (Wildman–Crippen MR) is 104 cm³/mol. The van der Waals surface area contributed by atoms with Crippen molar-refractivity contribution in [2.75, 3.05) is 32.8 Å². The summed E-state index contributed by atoms with van der Waals surface area (Å²) < 4.78 is 17.0. The molecule has 156 valence electrons. The van der Waals surface area contributed by atoms with E-state index in [0.717, 1.165) is 19.4 Å². The minimum atomic E-state index is -0.0960. The molecule has 0 N–H and O–H groups in total. The maximum Gasteiger partial charge on any atom is 0.257 e. The molecule has 0 saturated carbocycles. The zero-order chi connectivity index (χ0) is 20.3. The third kappa shape index (κ3) is 5.14. The number of rotatable bonds is 6. The van der Waals surface area contributed by atoms with Crippen molar-refractivity contribution in [1.29, 1.82) is 0 Å². The molecule has 3 atom stereocenters. The topological polar surface area (TPSA) is 72.2 Å². The van der Waals surface area contributed by atoms with Crippen LogP contribution in [0, 0.1) is 13.8 Å². The van der Waals surface area contributed by atoms with Gasteiger partial charge in [0, 0.05) is 39.2 Å². The highest BCUT2D eigenvalue weighted by Gasteiger charge is 2.29. The highest BCUT2D eigenvalue weighted by Crippen LogP contribution is 2.20. The Kier molecular flexibility index (Phi) is 6.78. The van der Waals surface area contributed by atoms with Crippen molar-refractivity contribution >= 4 is 11.8 Å². The second-order valence-electron chi connectivity index (χ2n) is 8.02. The van der Waals surface area contributed by atoms with E-state index in [1.54, 1.807) is 17.9 Å². The van der Waals surface area contributed by atoms with Crippen LogP contribution in [0.2, 0.25) is 0 Å². The van der Waals surface area contributed by atoms with Crippen LogP contribution < -0.4 is 0 Å². The van der Waals surface area contributed by atoms with Crippen molar-refractivity contribution in [3.8, 4) is 0 Å². The molecule has 2 fully saturated rings. The van der Waals surface area contributed by atoms with Gasteiger partial charge in [0.15, 0.2) is 0 Å². The molecule has 0 bridgehead atoms. The van der Waals surface area contributed by atoms with Gasteiger partial charge in [-0.2, -0.15) is 0 Å². The molecular formula is C21H32N2O5. The minimum Gasteiger partial charge on any atom is -0.466 e. The monoisotopic (exact) mass is 392 g/mol. The fourth-order valence-electron chi connectivity index (χ4n) is 4.09. The first-order valence-electron chi connectivity index (χ1n) is 10.2. The zero-order valence-electron chi connectivity index (χ0n) is 17.4. The Morgan fingerprint density at radius 2 is 1.93 bits per heavy atom. The molecule has 1 aromatic heterocycles. The van der Waals surface area contributed by atoms with Crippen molar-refractivity contribution in [2.24, 2.45) is 0 Å². The Bertz CT molecular complexity index is 685. The van der Waals surface area contributed by atoms with E-state index in [2.05, 4.69) is 0 Å². The summed E-state index contributed by atoms with van der Waals surface area (Å²) in [6.07, 6.45) is 2.37. The van der Waals surface area contributed by atoms with E-state index in [4.69, 9.17) is 13.9 Å². The summed E-state index contributed by atoms with van der Waals surface area (Å²) in [5.41, 5.74) is 0.566. The van der Waals surface area contributed by atoms with Crippen LogP contribution in [0.5, 0.6) is 0 Å². The first-order valence-corrected chi connectivity index (χ1v) is 10.2. The average Bonchev–Trinajstić information content (AvgIpc) is 3.25. The van der Waals surface area contributed by atoms with E-state index < -0.39 is 0 Å². The Labute approximate surface area is 166 Å². The van der Waals surface area contributed by atoms with Gasteiger partial charge in [0.05, 0.1) is 23.9 Å². The highest BCUT2D eigenvalue weighted by atomic mass is 16.5. The van der Waals surface area contributed by atoms with Crippen LogP contribution in [0.25, 0.3) is 0 Å². The number of hydrogen-bond donors (Lipinski definition) is 0. The summed E-state index contributed by atoms with van der Waals surface area (Å²) >= 11 is 0. The molecule has 28 heavy (non-hydrogen) atoms. The largest absolute Gasteiger partial charge is 0.466 e. The lowest BCUT2D eigenvalue weighted by molar-refractivity contribution is -0.143. The lowest BCUT2D eigenvalue weighted by Gasteiger charge is -2.36. The number of nitrogens with zero attached hydrogens (tertiary/aromatic N) is 2. The third-order valence-electron chi connectivity index (χ3n) is 5.37. The Morgan fingerprint density at radius 3 is 2.50 bits per heavy atom. The van der Waals surface area contributed by atoms with Gasteiger partial charge in [-0.25, -0.2) is 0 Å². The van der Waals surface area contributed by atoms with Crippen LogP contribution in [0.15, 0.2) is 10.5 Å². The molecule has 0 radical (unpaired) electrons. The molecule has 2 aliphatic heterocycles. The second-order valence-corrected chi connectivity index (χ2v) is 8.02. The number of carbonyl (C=O) groups excluding carboxylic acids is 2. The predicted octanol–water partition coefficient (Wildman–Crippen LogP) is 2.54. The fraction of sp³-hybridized carbons (Fsp3) is 0.714. The number of aryl methyl sites for hydroxylation is 2. The van der Waals surface area contributed by atoms with Crippen LogP contribution in [-0.2, 0) is 14.3 Å². The standard InChI is InChI=1S/C21H32N2O5/c1-14-10-19(17(4)28-14)21(25)22(13-18-6-5-9-26-18)8-7-20(24)23-11-15(2)27-16(3)12-23/h10,15-16,18H,5-9,11-13H2,1-4H3/t15-,16-,18-/m0/s1. The van der Waals surface area contributed by atoms with Crippen LogP contribution in [0.1, 0.15) is 55.0 Å². The van der Waals surface area contributed by atoms with Crippen molar-refractivity contribution in [3.05, 3.63) is 23.2 Å². The molecule has 0 aromatic carbocycles. The summed E-state index contributed by atoms with van der Waals surface area (Å²) in [5.74, 6) is 1.29. The van der Waals surface area contributed by atoms with Crippen LogP contribution in [0.3, 0.4) is 0 Å². The molecule has 7 nitrogen and oxygen atoms in total. The number of morpholine rings is 1. The van der Waals surface area contributed by atoms with Crippen LogP contribution >= 0.6 is 0 Å². The maximum atomic E-state index is 13.1. The van der Waals surface area contributed by atoms with Gasteiger partial charge < -0.3 is 23.7 Å². The van der Waals surface area contributed by atoms with Crippen molar-refractivity contribution in [3.63, 3.8) is 0 Å². The Morgan fingerprint density at radius 1 is 1.21 bits per heavy atom. The molecule has 2 saturated heterocycles. The minimum absolute atomic E-state index is 0.0360. The number of carbonyl (C=O) groups is 2. The van der Waals surface area contributed by atoms with Gasteiger partial charge in [0.1, 0.15) is 11.5 Å². The van der Waals surface area contributed by atoms with Crippen LogP contribution in [-0.4, -0.2) is 72.7 Å². The maximum absolute atomic E-state index is 13.1. The number of ether oxygens (including phenoxy) is 2. The second kappa shape index (κ2) is 9.09. The van der Waals surface area contributed by atoms with Gasteiger partial charge in [-0.05, 0) is 46.6 Å². The van der Waals surface area contributed by atoms with Gasteiger partial charge in [0.25, 0.3) is 5.91 Å². The molecule has 3 heterocycles. The number of furan rings is 1. The summed E-state index contributed by atoms with van der Waals surface area (Å²) in [7, 11) is 0. The van der Waals surface area contributed by atoms with Crippen molar-refractivity contribution in [1.82, 2.24) is 9.80 Å². The summed E-state index contributed by atoms with van der Waals surface area (Å²) in [4.78, 5) is 29.5. The first-order chi connectivity index (χ1) is 13.3. The molecule has 1 aromatic rings. The van der Waals surface area contributed by atoms with E-state index in [0.29, 0.717) is 49.7 Å². The van der Waals surface area contributed by atoms with Gasteiger partial charge in [-0.3, -0.25) is 9.59 Å². The Hall–Kier alpha value is -1.86. The smallest absolute Gasteiger partial charge is 0.257 e. The molecule has 7 heteroatoms.